The fraction of sp³-hybridized carbons (Fsp3) is 0.355. The number of halogens is 3. The van der Waals surface area contributed by atoms with Gasteiger partial charge in [-0.2, -0.15) is 5.10 Å². The van der Waals surface area contributed by atoms with Crippen molar-refractivity contribution in [2.45, 2.75) is 44.2 Å². The minimum absolute atomic E-state index is 0.0163. The number of aromatic nitrogens is 3. The molecule has 4 N–H and O–H groups in total. The van der Waals surface area contributed by atoms with Crippen LogP contribution in [0.1, 0.15) is 65.1 Å². The molecule has 2 amide bonds. The second-order valence-corrected chi connectivity index (χ2v) is 11.8. The van der Waals surface area contributed by atoms with Crippen molar-refractivity contribution in [1.82, 2.24) is 20.1 Å². The zero-order valence-electron chi connectivity index (χ0n) is 24.0. The van der Waals surface area contributed by atoms with E-state index in [1.807, 2.05) is 10.9 Å². The van der Waals surface area contributed by atoms with Crippen LogP contribution >= 0.6 is 23.2 Å². The first-order chi connectivity index (χ1) is 21.0. The number of primary amides is 1. The zero-order valence-corrected chi connectivity index (χ0v) is 25.5. The molecule has 230 valence electrons. The first-order valence-corrected chi connectivity index (χ1v) is 15.0. The van der Waals surface area contributed by atoms with Crippen molar-refractivity contribution in [3.05, 3.63) is 69.2 Å². The van der Waals surface area contributed by atoms with Gasteiger partial charge in [-0.3, -0.25) is 14.3 Å². The molecule has 4 aromatic rings. The normalized spacial score (nSPS) is 16.0. The monoisotopic (exact) mass is 641 g/mol. The van der Waals surface area contributed by atoms with Crippen molar-refractivity contribution in [1.29, 1.82) is 0 Å². The van der Waals surface area contributed by atoms with Crippen LogP contribution in [0.25, 0.3) is 22.2 Å². The zero-order chi connectivity index (χ0) is 31.3. The number of methoxy groups -OCH3 is 1. The molecule has 6 rings (SSSR count). The number of aliphatic hydroxyl groups is 1. The van der Waals surface area contributed by atoms with Crippen LogP contribution in [0.4, 0.5) is 4.39 Å². The summed E-state index contributed by atoms with van der Waals surface area (Å²) in [5.41, 5.74) is 5.29. The van der Waals surface area contributed by atoms with E-state index in [0.717, 1.165) is 24.3 Å². The standard InChI is InChI=1S/C31H30Cl2FN5O5/c1-3-44-28-20(29(35)40)12-23(37-27(28)19-8-9-21(34)25(33)24(19)32)31(42,17-4-5-17)14-36-30(41)15-10-16-13-39(18-6-7-18)38-26(16)22(11-15)43-2/h8-13,17-18,42H,3-7,14H2,1-2H3,(H2,35,40)(H,36,41)/t31-/m1/s1. The molecule has 2 aromatic carbocycles. The van der Waals surface area contributed by atoms with Crippen molar-refractivity contribution in [3.63, 3.8) is 0 Å². The molecule has 1 atom stereocenters. The third-order valence-electron chi connectivity index (χ3n) is 8.03. The molecule has 2 fully saturated rings. The smallest absolute Gasteiger partial charge is 0.252 e. The number of pyridine rings is 1. The second kappa shape index (κ2) is 11.5. The number of nitrogens with zero attached hydrogens (tertiary/aromatic N) is 3. The molecule has 0 spiro atoms. The van der Waals surface area contributed by atoms with Crippen molar-refractivity contribution in [2.75, 3.05) is 20.3 Å². The maximum absolute atomic E-state index is 14.2. The largest absolute Gasteiger partial charge is 0.494 e. The number of fused-ring (bicyclic) bond motifs is 1. The van der Waals surface area contributed by atoms with Crippen LogP contribution in [0.2, 0.25) is 10.0 Å². The summed E-state index contributed by atoms with van der Waals surface area (Å²) in [6.45, 7) is 1.63. The predicted molar refractivity (Wildman–Crippen MR) is 163 cm³/mol. The molecule has 2 heterocycles. The number of rotatable bonds is 11. The number of amides is 2. The molecule has 0 unspecified atom stereocenters. The number of carbonyl (C=O) groups is 2. The van der Waals surface area contributed by atoms with Crippen LogP contribution in [-0.4, -0.2) is 51.9 Å². The summed E-state index contributed by atoms with van der Waals surface area (Å²) in [4.78, 5) is 30.8. The van der Waals surface area contributed by atoms with E-state index in [-0.39, 0.29) is 57.4 Å². The van der Waals surface area contributed by atoms with Gasteiger partial charge in [0.15, 0.2) is 5.75 Å². The van der Waals surface area contributed by atoms with E-state index in [1.165, 1.54) is 19.2 Å². The van der Waals surface area contributed by atoms with Crippen LogP contribution in [0.15, 0.2) is 36.5 Å². The third kappa shape index (κ3) is 5.44. The highest BCUT2D eigenvalue weighted by molar-refractivity contribution is 6.43. The molecule has 2 aromatic heterocycles. The van der Waals surface area contributed by atoms with Gasteiger partial charge in [0.2, 0.25) is 0 Å². The molecule has 44 heavy (non-hydrogen) atoms. The van der Waals surface area contributed by atoms with Gasteiger partial charge in [0.1, 0.15) is 28.4 Å². The lowest BCUT2D eigenvalue weighted by atomic mass is 9.90. The third-order valence-corrected chi connectivity index (χ3v) is 8.89. The first-order valence-electron chi connectivity index (χ1n) is 14.2. The van der Waals surface area contributed by atoms with Gasteiger partial charge in [-0.25, -0.2) is 9.37 Å². The average Bonchev–Trinajstić information content (AvgIpc) is 3.95. The van der Waals surface area contributed by atoms with Crippen LogP contribution in [0, 0.1) is 11.7 Å². The fourth-order valence-electron chi connectivity index (χ4n) is 5.38. The number of ether oxygens (including phenoxy) is 2. The lowest BCUT2D eigenvalue weighted by molar-refractivity contribution is 0.00946. The van der Waals surface area contributed by atoms with Gasteiger partial charge in [-0.1, -0.05) is 23.2 Å². The summed E-state index contributed by atoms with van der Waals surface area (Å²) in [6, 6.07) is 7.53. The van der Waals surface area contributed by atoms with Crippen LogP contribution in [0.5, 0.6) is 11.5 Å². The van der Waals surface area contributed by atoms with Crippen molar-refractivity contribution in [2.24, 2.45) is 11.7 Å². The Morgan fingerprint density at radius 1 is 1.18 bits per heavy atom. The molecular formula is C31H30Cl2FN5O5. The molecule has 0 saturated heterocycles. The number of hydrogen-bond acceptors (Lipinski definition) is 7. The average molecular weight is 643 g/mol. The lowest BCUT2D eigenvalue weighted by Gasteiger charge is -2.29. The van der Waals surface area contributed by atoms with E-state index in [4.69, 9.17) is 38.4 Å². The Hall–Kier alpha value is -3.93. The van der Waals surface area contributed by atoms with E-state index >= 15 is 0 Å². The highest BCUT2D eigenvalue weighted by atomic mass is 35.5. The number of nitrogens with one attached hydrogen (secondary N) is 1. The minimum atomic E-state index is -1.69. The summed E-state index contributed by atoms with van der Waals surface area (Å²) in [7, 11) is 1.52. The highest BCUT2D eigenvalue weighted by Crippen LogP contribution is 2.48. The number of hydrogen-bond donors (Lipinski definition) is 3. The Bertz CT molecular complexity index is 1810. The van der Waals surface area contributed by atoms with Gasteiger partial charge in [-0.15, -0.1) is 0 Å². The van der Waals surface area contributed by atoms with Gasteiger partial charge in [0.05, 0.1) is 47.6 Å². The molecule has 0 bridgehead atoms. The maximum Gasteiger partial charge on any atom is 0.252 e. The van der Waals surface area contributed by atoms with Gasteiger partial charge in [0, 0.05) is 22.7 Å². The quantitative estimate of drug-likeness (QED) is 0.186. The Morgan fingerprint density at radius 2 is 1.93 bits per heavy atom. The predicted octanol–water partition coefficient (Wildman–Crippen LogP) is 5.41. The van der Waals surface area contributed by atoms with Gasteiger partial charge < -0.3 is 25.6 Å². The van der Waals surface area contributed by atoms with Gasteiger partial charge >= 0.3 is 0 Å². The molecule has 2 aliphatic carbocycles. The summed E-state index contributed by atoms with van der Waals surface area (Å²) in [5, 5.41) is 19.8. The minimum Gasteiger partial charge on any atom is -0.494 e. The van der Waals surface area contributed by atoms with Crippen molar-refractivity contribution >= 4 is 45.9 Å². The summed E-state index contributed by atoms with van der Waals surface area (Å²) < 4.78 is 27.3. The van der Waals surface area contributed by atoms with E-state index in [0.29, 0.717) is 35.7 Å². The Labute approximate surface area is 262 Å². The van der Waals surface area contributed by atoms with Gasteiger partial charge in [-0.05, 0) is 68.9 Å². The van der Waals surface area contributed by atoms with E-state index in [9.17, 15) is 19.1 Å². The summed E-state index contributed by atoms with van der Waals surface area (Å²) in [6.07, 6.45) is 5.33. The highest BCUT2D eigenvalue weighted by Gasteiger charge is 2.47. The molecule has 13 heteroatoms. The van der Waals surface area contributed by atoms with Crippen LogP contribution in [0.3, 0.4) is 0 Å². The van der Waals surface area contributed by atoms with E-state index in [2.05, 4.69) is 15.4 Å². The number of nitrogens with two attached hydrogens (primary N) is 1. The van der Waals surface area contributed by atoms with Crippen LogP contribution in [-0.2, 0) is 5.60 Å². The fourth-order valence-corrected chi connectivity index (χ4v) is 5.78. The van der Waals surface area contributed by atoms with Gasteiger partial charge in [0.25, 0.3) is 11.8 Å². The lowest BCUT2D eigenvalue weighted by Crippen LogP contribution is -2.43. The Kier molecular flexibility index (Phi) is 7.89. The number of benzene rings is 2. The Balaban J connectivity index is 1.38. The Morgan fingerprint density at radius 3 is 2.57 bits per heavy atom. The number of carbonyl (C=O) groups excluding carboxylic acids is 2. The molecule has 2 saturated carbocycles. The van der Waals surface area contributed by atoms with E-state index < -0.39 is 23.2 Å². The topological polar surface area (TPSA) is 142 Å². The second-order valence-electron chi connectivity index (χ2n) is 11.1. The van der Waals surface area contributed by atoms with Crippen molar-refractivity contribution < 1.29 is 28.6 Å². The maximum atomic E-state index is 14.2. The SMILES string of the molecule is CCOc1c(C(N)=O)cc([C@@](O)(CNC(=O)c2cc(OC)c3nn(C4CC4)cc3c2)C2CC2)nc1-c1ccc(F)c(Cl)c1Cl. The molecular weight excluding hydrogens is 612 g/mol. The summed E-state index contributed by atoms with van der Waals surface area (Å²) in [5.74, 6) is -1.82. The molecule has 10 nitrogen and oxygen atoms in total. The first kappa shape index (κ1) is 30.1. The van der Waals surface area contributed by atoms with E-state index in [1.54, 1.807) is 19.1 Å². The molecule has 2 aliphatic rings. The molecule has 0 aliphatic heterocycles. The van der Waals surface area contributed by atoms with Crippen molar-refractivity contribution in [3.8, 4) is 22.8 Å². The molecule has 0 radical (unpaired) electrons. The summed E-state index contributed by atoms with van der Waals surface area (Å²) >= 11 is 12.5. The van der Waals surface area contributed by atoms with Crippen LogP contribution < -0.4 is 20.5 Å².